The van der Waals surface area contributed by atoms with Crippen molar-refractivity contribution >= 4 is 23.1 Å². The molecule has 6 nitrogen and oxygen atoms in total. The molecule has 0 unspecified atom stereocenters. The van der Waals surface area contributed by atoms with Gasteiger partial charge in [0.25, 0.3) is 5.91 Å². The first-order chi connectivity index (χ1) is 14.8. The molecule has 1 amide bonds. The lowest BCUT2D eigenvalue weighted by Gasteiger charge is -2.30. The third kappa shape index (κ3) is 5.97. The predicted octanol–water partition coefficient (Wildman–Crippen LogP) is 5.82. The summed E-state index contributed by atoms with van der Waals surface area (Å²) in [5.41, 5.74) is 0.906. The number of nitrogens with one attached hydrogen (secondary N) is 3. The summed E-state index contributed by atoms with van der Waals surface area (Å²) in [7, 11) is 1.82. The molecule has 0 atom stereocenters. The van der Waals surface area contributed by atoms with Crippen LogP contribution in [0.4, 0.5) is 24.7 Å². The van der Waals surface area contributed by atoms with Crippen molar-refractivity contribution in [3.05, 3.63) is 59.9 Å². The van der Waals surface area contributed by atoms with E-state index in [-0.39, 0.29) is 38.5 Å². The number of carbonyl (C=O) groups excluding carboxylic acids is 1. The van der Waals surface area contributed by atoms with Gasteiger partial charge in [0.05, 0.1) is 0 Å². The van der Waals surface area contributed by atoms with Crippen LogP contribution in [0.5, 0.6) is 0 Å². The van der Waals surface area contributed by atoms with E-state index in [0.717, 1.165) is 37.6 Å². The van der Waals surface area contributed by atoms with E-state index < -0.39 is 11.9 Å². The molecule has 3 N–H and O–H groups in total. The van der Waals surface area contributed by atoms with Crippen LogP contribution in [-0.4, -0.2) is 34.4 Å². The standard InChI is InChI=1S/C22H24F3N5O.2CH4/c1-26-15-7-5-14(6-8-15)21(31)28-17-11-9-16(10-12-17)27-19-3-2-4-20-29-18(13-30(19)20)22(23,24)25;;/h2-8,13,16-17,26-27H,9-12H2,1H3,(H,28,31);2*1H4. The molecule has 4 rings (SSSR count). The first-order valence-corrected chi connectivity index (χ1v) is 10.2. The van der Waals surface area contributed by atoms with Gasteiger partial charge in [0, 0.05) is 36.6 Å². The molecule has 33 heavy (non-hydrogen) atoms. The molecule has 0 spiro atoms. The predicted molar refractivity (Wildman–Crippen MR) is 127 cm³/mol. The Kier molecular flexibility index (Phi) is 8.35. The van der Waals surface area contributed by atoms with Crippen molar-refractivity contribution in [2.75, 3.05) is 17.7 Å². The second kappa shape index (κ2) is 10.6. The average Bonchev–Trinajstić information content (AvgIpc) is 3.21. The van der Waals surface area contributed by atoms with Gasteiger partial charge in [-0.2, -0.15) is 13.2 Å². The Balaban J connectivity index is 0.00000193. The highest BCUT2D eigenvalue weighted by molar-refractivity contribution is 5.94. The largest absolute Gasteiger partial charge is 0.434 e. The van der Waals surface area contributed by atoms with Gasteiger partial charge in [-0.05, 0) is 62.1 Å². The van der Waals surface area contributed by atoms with Crippen molar-refractivity contribution in [3.8, 4) is 0 Å². The Hall–Kier alpha value is -3.23. The second-order valence-electron chi connectivity index (χ2n) is 7.76. The molecular formula is C24H32F3N5O. The number of amides is 1. The maximum Gasteiger partial charge on any atom is 0.434 e. The zero-order chi connectivity index (χ0) is 22.0. The zero-order valence-corrected chi connectivity index (χ0v) is 17.0. The Morgan fingerprint density at radius 3 is 2.24 bits per heavy atom. The average molecular weight is 464 g/mol. The maximum absolute atomic E-state index is 13.0. The lowest BCUT2D eigenvalue weighted by molar-refractivity contribution is -0.140. The summed E-state index contributed by atoms with van der Waals surface area (Å²) in [5.74, 6) is 0.486. The van der Waals surface area contributed by atoms with Gasteiger partial charge in [-0.3, -0.25) is 9.20 Å². The third-order valence-corrected chi connectivity index (χ3v) is 5.63. The third-order valence-electron chi connectivity index (χ3n) is 5.63. The Morgan fingerprint density at radius 1 is 1.00 bits per heavy atom. The summed E-state index contributed by atoms with van der Waals surface area (Å²) in [5, 5.41) is 9.44. The highest BCUT2D eigenvalue weighted by Crippen LogP contribution is 2.30. The molecule has 3 aromatic rings. The second-order valence-corrected chi connectivity index (χ2v) is 7.76. The minimum atomic E-state index is -4.48. The molecular weight excluding hydrogens is 431 g/mol. The molecule has 0 aliphatic heterocycles. The topological polar surface area (TPSA) is 70.5 Å². The summed E-state index contributed by atoms with van der Waals surface area (Å²) in [4.78, 5) is 16.1. The van der Waals surface area contributed by atoms with Crippen LogP contribution >= 0.6 is 0 Å². The molecule has 1 saturated carbocycles. The van der Waals surface area contributed by atoms with Crippen LogP contribution in [0.2, 0.25) is 0 Å². The number of halogens is 3. The number of hydrogen-bond donors (Lipinski definition) is 3. The number of imidazole rings is 1. The molecule has 0 saturated heterocycles. The highest BCUT2D eigenvalue weighted by atomic mass is 19.4. The number of hydrogen-bond acceptors (Lipinski definition) is 4. The quantitative estimate of drug-likeness (QED) is 0.446. The first-order valence-electron chi connectivity index (χ1n) is 10.2. The summed E-state index contributed by atoms with van der Waals surface area (Å²) >= 11 is 0. The van der Waals surface area contributed by atoms with E-state index >= 15 is 0 Å². The van der Waals surface area contributed by atoms with Crippen LogP contribution in [0.15, 0.2) is 48.7 Å². The van der Waals surface area contributed by atoms with Crippen LogP contribution in [0.3, 0.4) is 0 Å². The number of benzene rings is 1. The minimum absolute atomic E-state index is 0. The van der Waals surface area contributed by atoms with Crippen LogP contribution in [-0.2, 0) is 6.18 Å². The van der Waals surface area contributed by atoms with Crippen molar-refractivity contribution in [3.63, 3.8) is 0 Å². The fraction of sp³-hybridized carbons (Fsp3) is 0.417. The number of aromatic nitrogens is 2. The minimum Gasteiger partial charge on any atom is -0.388 e. The van der Waals surface area contributed by atoms with Gasteiger partial charge in [-0.25, -0.2) is 4.98 Å². The molecule has 1 aromatic carbocycles. The normalized spacial score (nSPS) is 18.1. The van der Waals surface area contributed by atoms with Crippen LogP contribution in [0, 0.1) is 0 Å². The van der Waals surface area contributed by atoms with Gasteiger partial charge in [0.2, 0.25) is 0 Å². The van der Waals surface area contributed by atoms with Crippen molar-refractivity contribution in [1.29, 1.82) is 0 Å². The number of rotatable bonds is 5. The monoisotopic (exact) mass is 463 g/mol. The molecule has 9 heteroatoms. The Morgan fingerprint density at radius 2 is 1.64 bits per heavy atom. The highest BCUT2D eigenvalue weighted by Gasteiger charge is 2.34. The lowest BCUT2D eigenvalue weighted by Crippen LogP contribution is -2.40. The first kappa shape index (κ1) is 26.0. The zero-order valence-electron chi connectivity index (χ0n) is 17.0. The van der Waals surface area contributed by atoms with Gasteiger partial charge in [0.15, 0.2) is 5.69 Å². The van der Waals surface area contributed by atoms with Crippen molar-refractivity contribution in [2.24, 2.45) is 0 Å². The van der Waals surface area contributed by atoms with Crippen molar-refractivity contribution in [1.82, 2.24) is 14.7 Å². The fourth-order valence-corrected chi connectivity index (χ4v) is 3.91. The molecule has 0 radical (unpaired) electrons. The number of pyridine rings is 1. The van der Waals surface area contributed by atoms with E-state index in [9.17, 15) is 18.0 Å². The van der Waals surface area contributed by atoms with Crippen LogP contribution in [0.25, 0.3) is 5.65 Å². The summed E-state index contributed by atoms with van der Waals surface area (Å²) in [6, 6.07) is 12.5. The number of nitrogens with zero attached hydrogens (tertiary/aromatic N) is 2. The smallest absolute Gasteiger partial charge is 0.388 e. The van der Waals surface area contributed by atoms with E-state index in [1.807, 2.05) is 19.2 Å². The molecule has 0 bridgehead atoms. The van der Waals surface area contributed by atoms with Crippen LogP contribution in [0.1, 0.15) is 56.6 Å². The fourth-order valence-electron chi connectivity index (χ4n) is 3.91. The van der Waals surface area contributed by atoms with Gasteiger partial charge in [0.1, 0.15) is 11.5 Å². The molecule has 2 heterocycles. The molecule has 1 fully saturated rings. The number of carbonyl (C=O) groups is 1. The summed E-state index contributed by atoms with van der Waals surface area (Å²) in [6.45, 7) is 0. The lowest BCUT2D eigenvalue weighted by atomic mass is 9.91. The van der Waals surface area contributed by atoms with Gasteiger partial charge in [-0.1, -0.05) is 20.9 Å². The van der Waals surface area contributed by atoms with E-state index in [2.05, 4.69) is 20.9 Å². The van der Waals surface area contributed by atoms with E-state index in [1.165, 1.54) is 4.40 Å². The molecule has 1 aliphatic carbocycles. The summed E-state index contributed by atoms with van der Waals surface area (Å²) in [6.07, 6.45) is -0.255. The van der Waals surface area contributed by atoms with Crippen molar-refractivity contribution in [2.45, 2.75) is 58.8 Å². The maximum atomic E-state index is 13.0. The van der Waals surface area contributed by atoms with Gasteiger partial charge >= 0.3 is 6.18 Å². The van der Waals surface area contributed by atoms with Crippen LogP contribution < -0.4 is 16.0 Å². The molecule has 180 valence electrons. The molecule has 1 aliphatic rings. The van der Waals surface area contributed by atoms with Gasteiger partial charge < -0.3 is 16.0 Å². The number of anilines is 2. The summed E-state index contributed by atoms with van der Waals surface area (Å²) < 4.78 is 40.4. The SMILES string of the molecule is C.C.CNc1ccc(C(=O)NC2CCC(Nc3cccc4nc(C(F)(F)F)cn34)CC2)cc1. The Labute approximate surface area is 192 Å². The van der Waals surface area contributed by atoms with Crippen molar-refractivity contribution < 1.29 is 18.0 Å². The number of fused-ring (bicyclic) bond motifs is 1. The van der Waals surface area contributed by atoms with E-state index in [1.54, 1.807) is 30.3 Å². The number of alkyl halides is 3. The van der Waals surface area contributed by atoms with E-state index in [4.69, 9.17) is 0 Å². The van der Waals surface area contributed by atoms with Gasteiger partial charge in [-0.15, -0.1) is 0 Å². The Bertz CT molecular complexity index is 1050. The van der Waals surface area contributed by atoms with E-state index in [0.29, 0.717) is 11.4 Å². The molecule has 2 aromatic heterocycles.